The highest BCUT2D eigenvalue weighted by Crippen LogP contribution is 2.45. The van der Waals surface area contributed by atoms with E-state index in [1.54, 1.807) is 18.4 Å². The Morgan fingerprint density at radius 2 is 2.15 bits per heavy atom. The number of aliphatic hydroxyl groups excluding tert-OH is 1. The van der Waals surface area contributed by atoms with Crippen molar-refractivity contribution in [2.24, 2.45) is 0 Å². The molecule has 0 radical (unpaired) electrons. The van der Waals surface area contributed by atoms with Crippen LogP contribution in [0.3, 0.4) is 0 Å². The molecule has 1 aromatic carbocycles. The summed E-state index contributed by atoms with van der Waals surface area (Å²) in [4.78, 5) is 2.06. The second kappa shape index (κ2) is 8.85. The maximum absolute atomic E-state index is 11.6. The number of ether oxygens (including phenoxy) is 3. The van der Waals surface area contributed by atoms with Gasteiger partial charge >= 0.3 is 0 Å². The first-order valence-corrected chi connectivity index (χ1v) is 12.4. The molecule has 2 aromatic heterocycles. The van der Waals surface area contributed by atoms with Crippen molar-refractivity contribution in [3.05, 3.63) is 51.4 Å². The van der Waals surface area contributed by atoms with Gasteiger partial charge in [-0.15, -0.1) is 0 Å². The third-order valence-corrected chi connectivity index (χ3v) is 7.09. The maximum atomic E-state index is 11.6. The van der Waals surface area contributed by atoms with Gasteiger partial charge in [-0.25, -0.2) is 4.68 Å². The van der Waals surface area contributed by atoms with Gasteiger partial charge in [0.15, 0.2) is 6.23 Å². The summed E-state index contributed by atoms with van der Waals surface area (Å²) >= 11 is 1.62. The third-order valence-electron chi connectivity index (χ3n) is 6.42. The number of aromatic nitrogens is 2. The van der Waals surface area contributed by atoms with E-state index in [-0.39, 0.29) is 5.54 Å². The van der Waals surface area contributed by atoms with Crippen LogP contribution in [0.25, 0.3) is 23.0 Å². The molecule has 7 nitrogen and oxygen atoms in total. The lowest BCUT2D eigenvalue weighted by atomic mass is 9.96. The van der Waals surface area contributed by atoms with E-state index in [0.29, 0.717) is 32.1 Å². The Hall–Kier alpha value is -2.65. The molecule has 180 valence electrons. The van der Waals surface area contributed by atoms with Crippen LogP contribution in [0, 0.1) is 0 Å². The average molecular weight is 482 g/mol. The van der Waals surface area contributed by atoms with E-state index < -0.39 is 6.23 Å². The van der Waals surface area contributed by atoms with Crippen molar-refractivity contribution in [1.82, 2.24) is 14.7 Å². The van der Waals surface area contributed by atoms with Crippen LogP contribution in [0.5, 0.6) is 11.5 Å². The number of thiophene rings is 1. The first kappa shape index (κ1) is 23.1. The van der Waals surface area contributed by atoms with Gasteiger partial charge in [0.05, 0.1) is 31.7 Å². The lowest BCUT2D eigenvalue weighted by molar-refractivity contribution is -0.133. The molecule has 1 fully saturated rings. The minimum Gasteiger partial charge on any atom is -0.496 e. The summed E-state index contributed by atoms with van der Waals surface area (Å²) in [6.45, 7) is 10.4. The number of nitrogens with zero attached hydrogens (tertiary/aromatic N) is 3. The largest absolute Gasteiger partial charge is 0.496 e. The molecule has 5 rings (SSSR count). The number of fused-ring (bicyclic) bond motifs is 3. The topological polar surface area (TPSA) is 69.0 Å². The smallest absolute Gasteiger partial charge is 0.153 e. The Labute approximate surface area is 204 Å². The van der Waals surface area contributed by atoms with E-state index in [1.807, 2.05) is 22.2 Å². The lowest BCUT2D eigenvalue weighted by Crippen LogP contribution is -2.54. The molecular weight excluding hydrogens is 450 g/mol. The fraction of sp³-hybridized carbons (Fsp3) is 0.423. The van der Waals surface area contributed by atoms with Crippen LogP contribution >= 0.6 is 11.3 Å². The van der Waals surface area contributed by atoms with Crippen molar-refractivity contribution in [3.63, 3.8) is 0 Å². The van der Waals surface area contributed by atoms with E-state index >= 15 is 0 Å². The zero-order valence-electron chi connectivity index (χ0n) is 20.3. The lowest BCUT2D eigenvalue weighted by Gasteiger charge is -2.44. The SMILES string of the molecule is COc1cc2c(cc1C=C(C)C)-c1c(c(C(O)N3CCOCC3(C)C)nn1-c1ccsc1)CO2. The van der Waals surface area contributed by atoms with Crippen molar-refractivity contribution >= 4 is 17.4 Å². The zero-order chi connectivity index (χ0) is 24.0. The molecule has 0 amide bonds. The molecule has 0 bridgehead atoms. The van der Waals surface area contributed by atoms with Gasteiger partial charge in [0, 0.05) is 40.2 Å². The minimum atomic E-state index is -0.867. The number of methoxy groups -OCH3 is 1. The molecule has 1 unspecified atom stereocenters. The van der Waals surface area contributed by atoms with Crippen molar-refractivity contribution in [2.75, 3.05) is 26.9 Å². The second-order valence-corrected chi connectivity index (χ2v) is 10.4. The molecule has 0 aliphatic carbocycles. The summed E-state index contributed by atoms with van der Waals surface area (Å²) in [7, 11) is 1.67. The maximum Gasteiger partial charge on any atom is 0.153 e. The summed E-state index contributed by atoms with van der Waals surface area (Å²) < 4.78 is 19.5. The van der Waals surface area contributed by atoms with Crippen molar-refractivity contribution in [1.29, 1.82) is 0 Å². The van der Waals surface area contributed by atoms with Crippen LogP contribution in [-0.2, 0) is 11.3 Å². The van der Waals surface area contributed by atoms with Crippen molar-refractivity contribution in [3.8, 4) is 28.4 Å². The van der Waals surface area contributed by atoms with Crippen LogP contribution in [0.15, 0.2) is 34.5 Å². The Morgan fingerprint density at radius 3 is 2.82 bits per heavy atom. The van der Waals surface area contributed by atoms with Gasteiger partial charge < -0.3 is 19.3 Å². The molecule has 1 saturated heterocycles. The molecule has 34 heavy (non-hydrogen) atoms. The van der Waals surface area contributed by atoms with E-state index in [4.69, 9.17) is 19.3 Å². The second-order valence-electron chi connectivity index (χ2n) is 9.64. The number of rotatable bonds is 5. The third kappa shape index (κ3) is 3.94. The van der Waals surface area contributed by atoms with Crippen LogP contribution in [0.2, 0.25) is 0 Å². The summed E-state index contributed by atoms with van der Waals surface area (Å²) in [5.74, 6) is 1.51. The Bertz CT molecular complexity index is 1230. The van der Waals surface area contributed by atoms with E-state index in [1.165, 1.54) is 5.57 Å². The van der Waals surface area contributed by atoms with E-state index in [0.717, 1.165) is 39.6 Å². The number of hydrogen-bond donors (Lipinski definition) is 1. The van der Waals surface area contributed by atoms with Gasteiger partial charge in [0.2, 0.25) is 0 Å². The van der Waals surface area contributed by atoms with Gasteiger partial charge in [-0.05, 0) is 45.2 Å². The van der Waals surface area contributed by atoms with Gasteiger partial charge in [-0.1, -0.05) is 11.6 Å². The Morgan fingerprint density at radius 1 is 1.32 bits per heavy atom. The summed E-state index contributed by atoms with van der Waals surface area (Å²) in [6.07, 6.45) is 1.23. The highest BCUT2D eigenvalue weighted by Gasteiger charge is 2.39. The van der Waals surface area contributed by atoms with Crippen LogP contribution in [-0.4, -0.2) is 52.2 Å². The van der Waals surface area contributed by atoms with Gasteiger partial charge in [-0.3, -0.25) is 4.90 Å². The molecule has 2 aliphatic heterocycles. The molecule has 1 N–H and O–H groups in total. The number of aliphatic hydroxyl groups is 1. The first-order valence-electron chi connectivity index (χ1n) is 11.5. The van der Waals surface area contributed by atoms with Crippen molar-refractivity contribution < 1.29 is 19.3 Å². The molecule has 2 aliphatic rings. The quantitative estimate of drug-likeness (QED) is 0.552. The van der Waals surface area contributed by atoms with Crippen LogP contribution in [0.1, 0.15) is 50.7 Å². The molecule has 4 heterocycles. The zero-order valence-corrected chi connectivity index (χ0v) is 21.1. The fourth-order valence-corrected chi connectivity index (χ4v) is 5.38. The van der Waals surface area contributed by atoms with Crippen LogP contribution in [0.4, 0.5) is 0 Å². The molecule has 0 spiro atoms. The molecule has 0 saturated carbocycles. The predicted octanol–water partition coefficient (Wildman–Crippen LogP) is 5.03. The molecule has 8 heteroatoms. The summed E-state index contributed by atoms with van der Waals surface area (Å²) in [5.41, 5.74) is 6.23. The molecular formula is C26H31N3O4S. The normalized spacial score (nSPS) is 17.9. The number of hydrogen-bond acceptors (Lipinski definition) is 7. The predicted molar refractivity (Wildman–Crippen MR) is 134 cm³/mol. The Kier molecular flexibility index (Phi) is 6.02. The standard InChI is InChI=1S/C26H31N3O4S/c1-16(2)10-17-11-19-22(12-21(17)31-5)33-13-20-23(25(30)28-7-8-32-15-26(28,3)4)27-29(24(19)20)18-6-9-34-14-18/h6,9-12,14,25,30H,7-8,13,15H2,1-5H3. The van der Waals surface area contributed by atoms with Gasteiger partial charge in [-0.2, -0.15) is 16.4 Å². The fourth-order valence-electron chi connectivity index (χ4n) is 4.76. The minimum absolute atomic E-state index is 0.311. The molecule has 1 atom stereocenters. The number of allylic oxidation sites excluding steroid dienone is 1. The van der Waals surface area contributed by atoms with Crippen molar-refractivity contribution in [2.45, 2.75) is 46.1 Å². The summed E-state index contributed by atoms with van der Waals surface area (Å²) in [6, 6.07) is 6.08. The Balaban J connectivity index is 1.70. The van der Waals surface area contributed by atoms with E-state index in [9.17, 15) is 5.11 Å². The number of benzene rings is 1. The highest BCUT2D eigenvalue weighted by atomic mass is 32.1. The summed E-state index contributed by atoms with van der Waals surface area (Å²) in [5, 5.41) is 20.6. The first-order chi connectivity index (χ1) is 16.3. The van der Waals surface area contributed by atoms with Gasteiger partial charge in [0.25, 0.3) is 0 Å². The highest BCUT2D eigenvalue weighted by molar-refractivity contribution is 7.08. The van der Waals surface area contributed by atoms with E-state index in [2.05, 4.69) is 50.1 Å². The monoisotopic (exact) mass is 481 g/mol. The van der Waals surface area contributed by atoms with Gasteiger partial charge in [0.1, 0.15) is 23.8 Å². The molecule has 3 aromatic rings. The number of morpholine rings is 1. The van der Waals surface area contributed by atoms with Crippen LogP contribution < -0.4 is 9.47 Å². The average Bonchev–Trinajstić information content (AvgIpc) is 3.45.